The van der Waals surface area contributed by atoms with Crippen LogP contribution in [0, 0.1) is 11.3 Å². The maximum Gasteiger partial charge on any atom is 0.0631 e. The maximum atomic E-state index is 4.47. The number of rotatable bonds is 4. The van der Waals surface area contributed by atoms with E-state index in [1.54, 1.807) is 0 Å². The van der Waals surface area contributed by atoms with Gasteiger partial charge in [-0.25, -0.2) is 0 Å². The largest absolute Gasteiger partial charge is 0.316 e. The van der Waals surface area contributed by atoms with Crippen LogP contribution in [-0.4, -0.2) is 22.9 Å². The molecule has 0 radical (unpaired) electrons. The summed E-state index contributed by atoms with van der Waals surface area (Å²) in [5, 5.41) is 7.87. The van der Waals surface area contributed by atoms with Crippen molar-refractivity contribution in [2.24, 2.45) is 18.4 Å². The first-order chi connectivity index (χ1) is 7.10. The molecule has 0 atom stereocenters. The minimum absolute atomic E-state index is 0.475. The molecule has 15 heavy (non-hydrogen) atoms. The molecule has 1 aromatic heterocycles. The van der Waals surface area contributed by atoms with Crippen LogP contribution in [0.4, 0.5) is 0 Å². The molecule has 3 nitrogen and oxygen atoms in total. The summed E-state index contributed by atoms with van der Waals surface area (Å²) in [4.78, 5) is 0. The fourth-order valence-corrected chi connectivity index (χ4v) is 2.63. The normalized spacial score (nSPS) is 19.2. The SMILES string of the molecule is CC(C)CC1(Cc2ccn(C)n2)CNC1. The van der Waals surface area contributed by atoms with Crippen LogP contribution in [0.1, 0.15) is 26.0 Å². The van der Waals surface area contributed by atoms with Crippen LogP contribution >= 0.6 is 0 Å². The molecule has 0 spiro atoms. The lowest BCUT2D eigenvalue weighted by molar-refractivity contribution is 0.129. The molecular formula is C12H21N3. The van der Waals surface area contributed by atoms with Crippen molar-refractivity contribution in [1.82, 2.24) is 15.1 Å². The quantitative estimate of drug-likeness (QED) is 0.812. The van der Waals surface area contributed by atoms with E-state index >= 15 is 0 Å². The highest BCUT2D eigenvalue weighted by atomic mass is 15.2. The number of aromatic nitrogens is 2. The zero-order chi connectivity index (χ0) is 10.9. The predicted octanol–water partition coefficient (Wildman–Crippen LogP) is 1.60. The molecule has 0 amide bonds. The smallest absolute Gasteiger partial charge is 0.0631 e. The van der Waals surface area contributed by atoms with E-state index < -0.39 is 0 Å². The Kier molecular flexibility index (Phi) is 2.83. The molecule has 1 aliphatic rings. The van der Waals surface area contributed by atoms with E-state index in [4.69, 9.17) is 0 Å². The third kappa shape index (κ3) is 2.40. The van der Waals surface area contributed by atoms with Crippen molar-refractivity contribution in [1.29, 1.82) is 0 Å². The van der Waals surface area contributed by atoms with Gasteiger partial charge in [0.25, 0.3) is 0 Å². The van der Waals surface area contributed by atoms with Crippen molar-refractivity contribution in [3.63, 3.8) is 0 Å². The molecule has 1 fully saturated rings. The van der Waals surface area contributed by atoms with Gasteiger partial charge in [-0.1, -0.05) is 13.8 Å². The number of aryl methyl sites for hydroxylation is 1. The minimum atomic E-state index is 0.475. The third-order valence-corrected chi connectivity index (χ3v) is 3.17. The van der Waals surface area contributed by atoms with Gasteiger partial charge < -0.3 is 5.32 Å². The van der Waals surface area contributed by atoms with E-state index in [1.807, 2.05) is 17.9 Å². The van der Waals surface area contributed by atoms with Crippen molar-refractivity contribution >= 4 is 0 Å². The summed E-state index contributed by atoms with van der Waals surface area (Å²) in [6, 6.07) is 2.14. The molecule has 1 saturated heterocycles. The molecule has 0 unspecified atom stereocenters. The van der Waals surface area contributed by atoms with E-state index in [0.717, 1.165) is 25.4 Å². The minimum Gasteiger partial charge on any atom is -0.316 e. The summed E-state index contributed by atoms with van der Waals surface area (Å²) in [7, 11) is 1.98. The Hall–Kier alpha value is -0.830. The zero-order valence-corrected chi connectivity index (χ0v) is 9.95. The molecule has 2 rings (SSSR count). The van der Waals surface area contributed by atoms with Gasteiger partial charge in [0.05, 0.1) is 5.69 Å². The Labute approximate surface area is 91.9 Å². The van der Waals surface area contributed by atoms with E-state index in [-0.39, 0.29) is 0 Å². The standard InChI is InChI=1S/C12H21N3/c1-10(2)6-12(8-13-9-12)7-11-4-5-15(3)14-11/h4-5,10,13H,6-9H2,1-3H3. The average molecular weight is 207 g/mol. The molecule has 0 aromatic carbocycles. The molecule has 3 heteroatoms. The second-order valence-electron chi connectivity index (χ2n) is 5.36. The number of hydrogen-bond donors (Lipinski definition) is 1. The van der Waals surface area contributed by atoms with E-state index in [0.29, 0.717) is 5.41 Å². The molecular weight excluding hydrogens is 186 g/mol. The highest BCUT2D eigenvalue weighted by Gasteiger charge is 2.37. The van der Waals surface area contributed by atoms with Crippen LogP contribution in [0.2, 0.25) is 0 Å². The number of hydrogen-bond acceptors (Lipinski definition) is 2. The lowest BCUT2D eigenvalue weighted by Crippen LogP contribution is -2.55. The lowest BCUT2D eigenvalue weighted by Gasteiger charge is -2.43. The molecule has 0 saturated carbocycles. The first-order valence-corrected chi connectivity index (χ1v) is 5.79. The second kappa shape index (κ2) is 3.97. The molecule has 0 aliphatic carbocycles. The summed E-state index contributed by atoms with van der Waals surface area (Å²) in [5.41, 5.74) is 1.71. The van der Waals surface area contributed by atoms with Gasteiger partial charge in [0.1, 0.15) is 0 Å². The lowest BCUT2D eigenvalue weighted by atomic mass is 9.72. The van der Waals surface area contributed by atoms with Crippen LogP contribution in [0.25, 0.3) is 0 Å². The maximum absolute atomic E-state index is 4.47. The second-order valence-corrected chi connectivity index (χ2v) is 5.36. The van der Waals surface area contributed by atoms with Crippen molar-refractivity contribution in [2.75, 3.05) is 13.1 Å². The Morgan fingerprint density at radius 1 is 1.53 bits per heavy atom. The van der Waals surface area contributed by atoms with E-state index in [2.05, 4.69) is 30.3 Å². The van der Waals surface area contributed by atoms with Gasteiger partial charge in [0.15, 0.2) is 0 Å². The van der Waals surface area contributed by atoms with Crippen LogP contribution in [0.15, 0.2) is 12.3 Å². The summed E-state index contributed by atoms with van der Waals surface area (Å²) < 4.78 is 1.89. The first kappa shape index (κ1) is 10.7. The van der Waals surface area contributed by atoms with Crippen molar-refractivity contribution < 1.29 is 0 Å². The summed E-state index contributed by atoms with van der Waals surface area (Å²) in [6.07, 6.45) is 4.46. The molecule has 1 aromatic rings. The van der Waals surface area contributed by atoms with Gasteiger partial charge in [-0.15, -0.1) is 0 Å². The van der Waals surface area contributed by atoms with Gasteiger partial charge in [-0.2, -0.15) is 5.10 Å². The Morgan fingerprint density at radius 3 is 2.67 bits per heavy atom. The highest BCUT2D eigenvalue weighted by molar-refractivity contribution is 5.07. The Morgan fingerprint density at radius 2 is 2.27 bits per heavy atom. The van der Waals surface area contributed by atoms with Crippen molar-refractivity contribution in [2.45, 2.75) is 26.7 Å². The molecule has 84 valence electrons. The third-order valence-electron chi connectivity index (χ3n) is 3.17. The van der Waals surface area contributed by atoms with E-state index in [9.17, 15) is 0 Å². The first-order valence-electron chi connectivity index (χ1n) is 5.79. The highest BCUT2D eigenvalue weighted by Crippen LogP contribution is 2.34. The van der Waals surface area contributed by atoms with Gasteiger partial charge in [-0.05, 0) is 24.8 Å². The van der Waals surface area contributed by atoms with Crippen molar-refractivity contribution in [3.8, 4) is 0 Å². The zero-order valence-electron chi connectivity index (χ0n) is 9.95. The van der Waals surface area contributed by atoms with Gasteiger partial charge in [0.2, 0.25) is 0 Å². The summed E-state index contributed by atoms with van der Waals surface area (Å²) in [5.74, 6) is 0.774. The van der Waals surface area contributed by atoms with Crippen molar-refractivity contribution in [3.05, 3.63) is 18.0 Å². The number of nitrogens with zero attached hydrogens (tertiary/aromatic N) is 2. The summed E-state index contributed by atoms with van der Waals surface area (Å²) >= 11 is 0. The van der Waals surface area contributed by atoms with Gasteiger partial charge >= 0.3 is 0 Å². The topological polar surface area (TPSA) is 29.9 Å². The van der Waals surface area contributed by atoms with Crippen LogP contribution in [-0.2, 0) is 13.5 Å². The molecule has 2 heterocycles. The number of nitrogens with one attached hydrogen (secondary N) is 1. The van der Waals surface area contributed by atoms with Gasteiger partial charge in [-0.3, -0.25) is 4.68 Å². The fourth-order valence-electron chi connectivity index (χ4n) is 2.63. The predicted molar refractivity (Wildman–Crippen MR) is 61.7 cm³/mol. The monoisotopic (exact) mass is 207 g/mol. The average Bonchev–Trinajstić information content (AvgIpc) is 2.46. The Balaban J connectivity index is 2.01. The molecule has 1 N–H and O–H groups in total. The molecule has 1 aliphatic heterocycles. The van der Waals surface area contributed by atoms with E-state index in [1.165, 1.54) is 12.1 Å². The van der Waals surface area contributed by atoms with Crippen LogP contribution in [0.3, 0.4) is 0 Å². The summed E-state index contributed by atoms with van der Waals surface area (Å²) in [6.45, 7) is 6.92. The van der Waals surface area contributed by atoms with Crippen LogP contribution < -0.4 is 5.32 Å². The Bertz CT molecular complexity index is 323. The van der Waals surface area contributed by atoms with Crippen LogP contribution in [0.5, 0.6) is 0 Å². The molecule has 0 bridgehead atoms. The van der Waals surface area contributed by atoms with Gasteiger partial charge in [0, 0.05) is 31.7 Å². The fraction of sp³-hybridized carbons (Fsp3) is 0.750.